The number of rotatable bonds is 4. The fourth-order valence-electron chi connectivity index (χ4n) is 2.39. The molecule has 0 spiro atoms. The number of fused-ring (bicyclic) bond motifs is 1. The molecule has 1 heterocycles. The van der Waals surface area contributed by atoms with E-state index in [0.717, 1.165) is 21.8 Å². The second-order valence-corrected chi connectivity index (χ2v) is 6.80. The molecule has 118 valence electrons. The number of hydrogen-bond donors (Lipinski definition) is 1. The van der Waals surface area contributed by atoms with Crippen LogP contribution in [-0.2, 0) is 4.79 Å². The SMILES string of the molecule is Cc1ccc2nc(S[C@H](C(=O)N(C)C)c3ccccc3)[nH]c2c1. The van der Waals surface area contributed by atoms with Crippen LogP contribution in [0.3, 0.4) is 0 Å². The first-order valence-corrected chi connectivity index (χ1v) is 8.31. The normalized spacial score (nSPS) is 12.3. The van der Waals surface area contributed by atoms with Gasteiger partial charge in [-0.25, -0.2) is 4.98 Å². The summed E-state index contributed by atoms with van der Waals surface area (Å²) in [5.74, 6) is 0.0536. The number of carbonyl (C=O) groups excluding carboxylic acids is 1. The molecule has 0 saturated heterocycles. The van der Waals surface area contributed by atoms with Crippen molar-refractivity contribution < 1.29 is 4.79 Å². The number of aromatic nitrogens is 2. The van der Waals surface area contributed by atoms with Gasteiger partial charge in [0, 0.05) is 14.1 Å². The molecule has 0 fully saturated rings. The van der Waals surface area contributed by atoms with E-state index in [2.05, 4.69) is 23.0 Å². The van der Waals surface area contributed by atoms with E-state index in [-0.39, 0.29) is 11.2 Å². The molecule has 0 aliphatic heterocycles. The summed E-state index contributed by atoms with van der Waals surface area (Å²) in [5, 5.41) is 0.447. The number of H-pyrrole nitrogens is 1. The Labute approximate surface area is 139 Å². The van der Waals surface area contributed by atoms with Crippen LogP contribution in [0.2, 0.25) is 0 Å². The molecule has 0 bridgehead atoms. The first kappa shape index (κ1) is 15.6. The molecule has 3 rings (SSSR count). The van der Waals surface area contributed by atoms with Gasteiger partial charge in [-0.15, -0.1) is 0 Å². The van der Waals surface area contributed by atoms with Crippen LogP contribution in [-0.4, -0.2) is 34.9 Å². The quantitative estimate of drug-likeness (QED) is 0.742. The highest BCUT2D eigenvalue weighted by molar-refractivity contribution is 8.00. The van der Waals surface area contributed by atoms with Crippen molar-refractivity contribution in [3.8, 4) is 0 Å². The van der Waals surface area contributed by atoms with Gasteiger partial charge in [-0.1, -0.05) is 48.2 Å². The zero-order valence-electron chi connectivity index (χ0n) is 13.4. The Kier molecular flexibility index (Phi) is 4.39. The number of benzene rings is 2. The van der Waals surface area contributed by atoms with Gasteiger partial charge in [0.05, 0.1) is 11.0 Å². The molecule has 23 heavy (non-hydrogen) atoms. The molecule has 0 radical (unpaired) electrons. The Hall–Kier alpha value is -2.27. The van der Waals surface area contributed by atoms with Crippen LogP contribution < -0.4 is 0 Å². The van der Waals surface area contributed by atoms with Gasteiger partial charge in [-0.05, 0) is 30.2 Å². The van der Waals surface area contributed by atoms with Gasteiger partial charge < -0.3 is 9.88 Å². The number of imidazole rings is 1. The van der Waals surface area contributed by atoms with Gasteiger partial charge in [0.1, 0.15) is 5.25 Å². The van der Waals surface area contributed by atoms with E-state index in [0.29, 0.717) is 0 Å². The van der Waals surface area contributed by atoms with E-state index in [1.165, 1.54) is 17.3 Å². The predicted octanol–water partition coefficient (Wildman–Crippen LogP) is 3.79. The average molecular weight is 325 g/mol. The van der Waals surface area contributed by atoms with E-state index in [4.69, 9.17) is 0 Å². The molecule has 1 atom stereocenters. The van der Waals surface area contributed by atoms with Crippen LogP contribution in [0.1, 0.15) is 16.4 Å². The molecule has 3 aromatic rings. The number of carbonyl (C=O) groups is 1. The summed E-state index contributed by atoms with van der Waals surface area (Å²) in [6.45, 7) is 2.05. The topological polar surface area (TPSA) is 49.0 Å². The van der Waals surface area contributed by atoms with E-state index in [1.54, 1.807) is 19.0 Å². The van der Waals surface area contributed by atoms with Crippen LogP contribution in [0, 0.1) is 6.92 Å². The molecule has 0 unspecified atom stereocenters. The van der Waals surface area contributed by atoms with E-state index < -0.39 is 0 Å². The number of amides is 1. The Morgan fingerprint density at radius 2 is 1.91 bits per heavy atom. The number of likely N-dealkylation sites (N-methyl/N-ethyl adjacent to an activating group) is 1. The lowest BCUT2D eigenvalue weighted by molar-refractivity contribution is -0.128. The fourth-order valence-corrected chi connectivity index (χ4v) is 3.54. The summed E-state index contributed by atoms with van der Waals surface area (Å²) in [5.41, 5.74) is 4.08. The maximum atomic E-state index is 12.6. The second kappa shape index (κ2) is 6.46. The van der Waals surface area contributed by atoms with Crippen molar-refractivity contribution in [1.29, 1.82) is 0 Å². The van der Waals surface area contributed by atoms with E-state index >= 15 is 0 Å². The highest BCUT2D eigenvalue weighted by atomic mass is 32.2. The summed E-state index contributed by atoms with van der Waals surface area (Å²) >= 11 is 1.45. The van der Waals surface area contributed by atoms with Crippen molar-refractivity contribution in [2.24, 2.45) is 0 Å². The van der Waals surface area contributed by atoms with Gasteiger partial charge in [-0.3, -0.25) is 4.79 Å². The van der Waals surface area contributed by atoms with Crippen molar-refractivity contribution >= 4 is 28.7 Å². The van der Waals surface area contributed by atoms with Crippen molar-refractivity contribution in [2.45, 2.75) is 17.3 Å². The number of nitrogens with one attached hydrogen (secondary N) is 1. The van der Waals surface area contributed by atoms with Gasteiger partial charge >= 0.3 is 0 Å². The summed E-state index contributed by atoms with van der Waals surface area (Å²) < 4.78 is 0. The highest BCUT2D eigenvalue weighted by Gasteiger charge is 2.24. The molecule has 1 N–H and O–H groups in total. The Bertz CT molecular complexity index is 827. The lowest BCUT2D eigenvalue weighted by Crippen LogP contribution is -2.26. The molecule has 1 amide bonds. The first-order chi connectivity index (χ1) is 11.0. The molecular weight excluding hydrogens is 306 g/mol. The third-order valence-electron chi connectivity index (χ3n) is 3.61. The molecular formula is C18H19N3OS. The molecule has 0 aliphatic rings. The predicted molar refractivity (Wildman–Crippen MR) is 94.6 cm³/mol. The maximum Gasteiger partial charge on any atom is 0.240 e. The molecule has 1 aromatic heterocycles. The first-order valence-electron chi connectivity index (χ1n) is 7.44. The number of hydrogen-bond acceptors (Lipinski definition) is 3. The second-order valence-electron chi connectivity index (χ2n) is 5.70. The monoisotopic (exact) mass is 325 g/mol. The lowest BCUT2D eigenvalue weighted by Gasteiger charge is -2.19. The van der Waals surface area contributed by atoms with Crippen molar-refractivity contribution in [3.63, 3.8) is 0 Å². The van der Waals surface area contributed by atoms with Crippen molar-refractivity contribution in [3.05, 3.63) is 59.7 Å². The number of aryl methyl sites for hydroxylation is 1. The number of aromatic amines is 1. The van der Waals surface area contributed by atoms with Gasteiger partial charge in [-0.2, -0.15) is 0 Å². The molecule has 4 nitrogen and oxygen atoms in total. The lowest BCUT2D eigenvalue weighted by atomic mass is 10.1. The molecule has 0 saturated carbocycles. The third kappa shape index (κ3) is 3.40. The minimum absolute atomic E-state index is 0.0536. The summed E-state index contributed by atoms with van der Waals surface area (Å²) in [6, 6.07) is 15.9. The molecule has 0 aliphatic carbocycles. The minimum Gasteiger partial charge on any atom is -0.348 e. The minimum atomic E-state index is -0.312. The van der Waals surface area contributed by atoms with Gasteiger partial charge in [0.2, 0.25) is 5.91 Å². The zero-order valence-corrected chi connectivity index (χ0v) is 14.2. The highest BCUT2D eigenvalue weighted by Crippen LogP contribution is 2.35. The van der Waals surface area contributed by atoms with E-state index in [9.17, 15) is 4.79 Å². The molecule has 2 aromatic carbocycles. The smallest absolute Gasteiger partial charge is 0.240 e. The number of thioether (sulfide) groups is 1. The van der Waals surface area contributed by atoms with Crippen LogP contribution in [0.25, 0.3) is 11.0 Å². The van der Waals surface area contributed by atoms with Crippen LogP contribution in [0.5, 0.6) is 0 Å². The Balaban J connectivity index is 1.95. The standard InChI is InChI=1S/C18H19N3OS/c1-12-9-10-14-15(11-12)20-18(19-14)23-16(17(22)21(2)3)13-7-5-4-6-8-13/h4-11,16H,1-3H3,(H,19,20)/t16-/m0/s1. The summed E-state index contributed by atoms with van der Waals surface area (Å²) in [6.07, 6.45) is 0. The van der Waals surface area contributed by atoms with E-state index in [1.807, 2.05) is 42.5 Å². The van der Waals surface area contributed by atoms with Crippen molar-refractivity contribution in [1.82, 2.24) is 14.9 Å². The maximum absolute atomic E-state index is 12.6. The van der Waals surface area contributed by atoms with Gasteiger partial charge in [0.25, 0.3) is 0 Å². The Morgan fingerprint density at radius 1 is 1.17 bits per heavy atom. The van der Waals surface area contributed by atoms with Crippen LogP contribution >= 0.6 is 11.8 Å². The Morgan fingerprint density at radius 3 is 2.61 bits per heavy atom. The van der Waals surface area contributed by atoms with Crippen molar-refractivity contribution in [2.75, 3.05) is 14.1 Å². The van der Waals surface area contributed by atoms with Crippen LogP contribution in [0.4, 0.5) is 0 Å². The summed E-state index contributed by atoms with van der Waals surface area (Å²) in [4.78, 5) is 22.1. The average Bonchev–Trinajstić information content (AvgIpc) is 2.94. The largest absolute Gasteiger partial charge is 0.348 e. The molecule has 5 heteroatoms. The van der Waals surface area contributed by atoms with Gasteiger partial charge in [0.15, 0.2) is 5.16 Å². The number of nitrogens with zero attached hydrogens (tertiary/aromatic N) is 2. The third-order valence-corrected chi connectivity index (χ3v) is 4.74. The van der Waals surface area contributed by atoms with Crippen LogP contribution in [0.15, 0.2) is 53.7 Å². The zero-order chi connectivity index (χ0) is 16.4. The fraction of sp³-hybridized carbons (Fsp3) is 0.222. The summed E-state index contributed by atoms with van der Waals surface area (Å²) in [7, 11) is 3.56.